The van der Waals surface area contributed by atoms with Crippen LogP contribution < -0.4 is 0 Å². The molecule has 0 saturated carbocycles. The molecule has 0 aliphatic heterocycles. The van der Waals surface area contributed by atoms with Crippen molar-refractivity contribution in [1.29, 1.82) is 0 Å². The van der Waals surface area contributed by atoms with Gasteiger partial charge in [0.2, 0.25) is 0 Å². The van der Waals surface area contributed by atoms with Gasteiger partial charge < -0.3 is 4.74 Å². The van der Waals surface area contributed by atoms with E-state index in [1.165, 1.54) is 0 Å². The third kappa shape index (κ3) is 6.77. The molecule has 0 N–H and O–H groups in total. The first-order valence-electron chi connectivity index (χ1n) is 3.30. The Morgan fingerprint density at radius 3 is 2.27 bits per heavy atom. The summed E-state index contributed by atoms with van der Waals surface area (Å²) in [5.41, 5.74) is -0.496. The Morgan fingerprint density at radius 1 is 1.36 bits per heavy atom. The average molecular weight is 156 g/mol. The molecule has 0 aromatic carbocycles. The first kappa shape index (κ1) is 9.88. The minimum atomic E-state index is -0.496. The lowest BCUT2D eigenvalue weighted by molar-refractivity contribution is -0.148. The van der Waals surface area contributed by atoms with Gasteiger partial charge in [-0.2, -0.15) is 0 Å². The molecule has 62 valence electrons. The second-order valence-electron chi connectivity index (χ2n) is 3.03. The number of hydrogen-bond donors (Lipinski definition) is 0. The third-order valence-corrected chi connectivity index (χ3v) is 0.718. The van der Waals surface area contributed by atoms with E-state index in [0.717, 1.165) is 12.2 Å². The molecule has 0 atom stereocenters. The van der Waals surface area contributed by atoms with Crippen molar-refractivity contribution in [2.45, 2.75) is 26.4 Å². The van der Waals surface area contributed by atoms with Crippen LogP contribution >= 0.6 is 0 Å². The van der Waals surface area contributed by atoms with Gasteiger partial charge in [-0.15, -0.1) is 0 Å². The minimum absolute atomic E-state index is 0.496. The van der Waals surface area contributed by atoms with E-state index in [-0.39, 0.29) is 0 Å². The summed E-state index contributed by atoms with van der Waals surface area (Å²) in [6.07, 6.45) is 2.73. The van der Waals surface area contributed by atoms with Gasteiger partial charge in [0.1, 0.15) is 11.9 Å². The zero-order valence-corrected chi connectivity index (χ0v) is 6.96. The van der Waals surface area contributed by atoms with Crippen LogP contribution in [0.3, 0.4) is 0 Å². The molecular weight excluding hydrogens is 144 g/mol. The molecule has 0 spiro atoms. The fourth-order valence-corrected chi connectivity index (χ4v) is 0.454. The summed E-state index contributed by atoms with van der Waals surface area (Å²) in [7, 11) is 0. The van der Waals surface area contributed by atoms with Gasteiger partial charge >= 0.3 is 5.97 Å². The van der Waals surface area contributed by atoms with Crippen LogP contribution in [-0.2, 0) is 14.3 Å². The second-order valence-corrected chi connectivity index (χ2v) is 3.03. The van der Waals surface area contributed by atoms with E-state index in [1.54, 1.807) is 20.8 Å². The van der Waals surface area contributed by atoms with Crippen molar-refractivity contribution in [2.75, 3.05) is 0 Å². The molecule has 0 aliphatic rings. The average Bonchev–Trinajstić information content (AvgIpc) is 1.79. The van der Waals surface area contributed by atoms with Gasteiger partial charge in [0.15, 0.2) is 0 Å². The van der Waals surface area contributed by atoms with Crippen LogP contribution in [0.25, 0.3) is 0 Å². The molecule has 0 amide bonds. The molecule has 0 aromatic rings. The van der Waals surface area contributed by atoms with E-state index in [0.29, 0.717) is 6.29 Å². The Balaban J connectivity index is 3.89. The molecule has 0 fully saturated rings. The molecule has 0 bridgehead atoms. The Kier molecular flexibility index (Phi) is 3.51. The molecule has 0 rings (SSSR count). The van der Waals surface area contributed by atoms with Crippen LogP contribution in [0, 0.1) is 0 Å². The van der Waals surface area contributed by atoms with Crippen LogP contribution in [-0.4, -0.2) is 17.9 Å². The van der Waals surface area contributed by atoms with Gasteiger partial charge in [0.05, 0.1) is 0 Å². The lowest BCUT2D eigenvalue weighted by Gasteiger charge is -2.17. The van der Waals surface area contributed by atoms with Crippen molar-refractivity contribution in [3.63, 3.8) is 0 Å². The quantitative estimate of drug-likeness (QED) is 0.341. The van der Waals surface area contributed by atoms with E-state index < -0.39 is 11.6 Å². The molecule has 3 heteroatoms. The van der Waals surface area contributed by atoms with Crippen molar-refractivity contribution in [3.8, 4) is 0 Å². The number of esters is 1. The van der Waals surface area contributed by atoms with Crippen molar-refractivity contribution < 1.29 is 14.3 Å². The molecule has 0 radical (unpaired) electrons. The predicted molar refractivity (Wildman–Crippen MR) is 41.0 cm³/mol. The van der Waals surface area contributed by atoms with Crippen LogP contribution in [0.15, 0.2) is 12.2 Å². The lowest BCUT2D eigenvalue weighted by Crippen LogP contribution is -2.22. The second kappa shape index (κ2) is 3.91. The Hall–Kier alpha value is -1.12. The highest BCUT2D eigenvalue weighted by Crippen LogP contribution is 2.06. The maximum Gasteiger partial charge on any atom is 0.331 e. The Bertz CT molecular complexity index is 174. The van der Waals surface area contributed by atoms with Crippen LogP contribution in [0.1, 0.15) is 20.8 Å². The standard InChI is InChI=1S/C8H12O3/c1-8(2,3)11-7(10)5-4-6-9/h4-6H,1-3H3/b5-4+. The summed E-state index contributed by atoms with van der Waals surface area (Å²) in [5.74, 6) is -0.496. The van der Waals surface area contributed by atoms with Crippen molar-refractivity contribution in [2.24, 2.45) is 0 Å². The SMILES string of the molecule is CC(C)(C)OC(=O)/C=C/C=O. The Labute approximate surface area is 66.0 Å². The van der Waals surface area contributed by atoms with E-state index in [9.17, 15) is 9.59 Å². The highest BCUT2D eigenvalue weighted by molar-refractivity contribution is 5.86. The maximum absolute atomic E-state index is 10.7. The lowest BCUT2D eigenvalue weighted by atomic mass is 10.2. The molecule has 3 nitrogen and oxygen atoms in total. The number of allylic oxidation sites excluding steroid dienone is 1. The fourth-order valence-electron chi connectivity index (χ4n) is 0.454. The van der Waals surface area contributed by atoms with Gasteiger partial charge in [-0.25, -0.2) is 4.79 Å². The van der Waals surface area contributed by atoms with Crippen molar-refractivity contribution >= 4 is 12.3 Å². The summed E-state index contributed by atoms with van der Waals surface area (Å²) in [5, 5.41) is 0. The predicted octanol–water partition coefficient (Wildman–Crippen LogP) is 1.08. The molecular formula is C8H12O3. The smallest absolute Gasteiger partial charge is 0.331 e. The number of aldehydes is 1. The zero-order valence-electron chi connectivity index (χ0n) is 6.96. The fraction of sp³-hybridized carbons (Fsp3) is 0.500. The largest absolute Gasteiger partial charge is 0.457 e. The number of carbonyl (C=O) groups is 2. The van der Waals surface area contributed by atoms with Gasteiger partial charge in [-0.05, 0) is 26.8 Å². The third-order valence-electron chi connectivity index (χ3n) is 0.718. The first-order chi connectivity index (χ1) is 4.95. The number of ether oxygens (including phenoxy) is 1. The number of rotatable bonds is 2. The summed E-state index contributed by atoms with van der Waals surface area (Å²) in [6.45, 7) is 5.29. The van der Waals surface area contributed by atoms with Gasteiger partial charge in [0.25, 0.3) is 0 Å². The maximum atomic E-state index is 10.7. The zero-order chi connectivity index (χ0) is 8.91. The van der Waals surface area contributed by atoms with Crippen molar-refractivity contribution in [3.05, 3.63) is 12.2 Å². The summed E-state index contributed by atoms with van der Waals surface area (Å²) >= 11 is 0. The highest BCUT2D eigenvalue weighted by Gasteiger charge is 2.13. The van der Waals surface area contributed by atoms with Crippen molar-refractivity contribution in [1.82, 2.24) is 0 Å². The molecule has 0 saturated heterocycles. The van der Waals surface area contributed by atoms with E-state index in [2.05, 4.69) is 0 Å². The monoisotopic (exact) mass is 156 g/mol. The van der Waals surface area contributed by atoms with E-state index in [1.807, 2.05) is 0 Å². The van der Waals surface area contributed by atoms with E-state index >= 15 is 0 Å². The van der Waals surface area contributed by atoms with Crippen LogP contribution in [0.5, 0.6) is 0 Å². The molecule has 0 heterocycles. The molecule has 0 aromatic heterocycles. The minimum Gasteiger partial charge on any atom is -0.457 e. The summed E-state index contributed by atoms with van der Waals surface area (Å²) in [6, 6.07) is 0. The summed E-state index contributed by atoms with van der Waals surface area (Å²) < 4.78 is 4.86. The van der Waals surface area contributed by atoms with E-state index in [4.69, 9.17) is 4.74 Å². The van der Waals surface area contributed by atoms with Crippen LogP contribution in [0.4, 0.5) is 0 Å². The summed E-state index contributed by atoms with van der Waals surface area (Å²) in [4.78, 5) is 20.5. The van der Waals surface area contributed by atoms with Gasteiger partial charge in [0, 0.05) is 6.08 Å². The normalized spacial score (nSPS) is 11.5. The number of hydrogen-bond acceptors (Lipinski definition) is 3. The number of carbonyl (C=O) groups excluding carboxylic acids is 2. The van der Waals surface area contributed by atoms with Gasteiger partial charge in [-0.3, -0.25) is 4.79 Å². The highest BCUT2D eigenvalue weighted by atomic mass is 16.6. The molecule has 0 unspecified atom stereocenters. The molecule has 11 heavy (non-hydrogen) atoms. The van der Waals surface area contributed by atoms with Gasteiger partial charge in [-0.1, -0.05) is 0 Å². The topological polar surface area (TPSA) is 43.4 Å². The molecule has 0 aliphatic carbocycles. The van der Waals surface area contributed by atoms with Crippen LogP contribution in [0.2, 0.25) is 0 Å². The first-order valence-corrected chi connectivity index (χ1v) is 3.30. The Morgan fingerprint density at radius 2 is 1.91 bits per heavy atom.